The summed E-state index contributed by atoms with van der Waals surface area (Å²) in [6.45, 7) is 3.12. The van der Waals surface area contributed by atoms with Gasteiger partial charge in [0.2, 0.25) is 0 Å². The molecular formula is C15H24N2S. The lowest BCUT2D eigenvalue weighted by atomic mass is 10.1. The molecule has 0 radical (unpaired) electrons. The summed E-state index contributed by atoms with van der Waals surface area (Å²) in [6.07, 6.45) is 7.19. The first kappa shape index (κ1) is 13.8. The van der Waals surface area contributed by atoms with Gasteiger partial charge in [0.25, 0.3) is 0 Å². The van der Waals surface area contributed by atoms with E-state index in [4.69, 9.17) is 5.73 Å². The molecule has 1 saturated heterocycles. The van der Waals surface area contributed by atoms with Crippen LogP contribution in [0, 0.1) is 0 Å². The van der Waals surface area contributed by atoms with Crippen molar-refractivity contribution >= 4 is 17.4 Å². The minimum Gasteiger partial charge on any atom is -0.371 e. The summed E-state index contributed by atoms with van der Waals surface area (Å²) >= 11 is 2.02. The van der Waals surface area contributed by atoms with Crippen LogP contribution in [0.5, 0.6) is 0 Å². The fourth-order valence-corrected chi connectivity index (χ4v) is 3.47. The van der Waals surface area contributed by atoms with E-state index in [2.05, 4.69) is 35.4 Å². The number of para-hydroxylation sites is 1. The number of benzene rings is 1. The largest absolute Gasteiger partial charge is 0.371 e. The van der Waals surface area contributed by atoms with Gasteiger partial charge < -0.3 is 10.6 Å². The maximum Gasteiger partial charge on any atom is 0.0399 e. The number of hydrogen-bond donors (Lipinski definition) is 1. The zero-order valence-electron chi connectivity index (χ0n) is 11.3. The van der Waals surface area contributed by atoms with Crippen molar-refractivity contribution < 1.29 is 0 Å². The summed E-state index contributed by atoms with van der Waals surface area (Å²) in [5, 5.41) is 0.844. The van der Waals surface area contributed by atoms with Crippen molar-refractivity contribution in [3.8, 4) is 0 Å². The average molecular weight is 264 g/mol. The molecule has 2 nitrogen and oxygen atoms in total. The molecule has 1 unspecified atom stereocenters. The van der Waals surface area contributed by atoms with Crippen LogP contribution in [0.25, 0.3) is 0 Å². The van der Waals surface area contributed by atoms with E-state index in [0.717, 1.165) is 18.2 Å². The average Bonchev–Trinajstić information content (AvgIpc) is 2.65. The molecule has 0 amide bonds. The minimum absolute atomic E-state index is 0.734. The third kappa shape index (κ3) is 3.42. The summed E-state index contributed by atoms with van der Waals surface area (Å²) in [5.74, 6) is 0. The minimum atomic E-state index is 0.734. The standard InChI is InChI=1S/C15H24N2S/c1-18-14-6-4-11-17(12-9-14)15-7-3-2-5-13(15)8-10-16/h2-3,5,7,14H,4,6,8-12,16H2,1H3. The Morgan fingerprint density at radius 1 is 1.28 bits per heavy atom. The van der Waals surface area contributed by atoms with E-state index >= 15 is 0 Å². The first-order valence-corrected chi connectivity index (χ1v) is 8.19. The van der Waals surface area contributed by atoms with Gasteiger partial charge in [0.05, 0.1) is 0 Å². The van der Waals surface area contributed by atoms with Crippen LogP contribution in [0.3, 0.4) is 0 Å². The van der Waals surface area contributed by atoms with E-state index < -0.39 is 0 Å². The second kappa shape index (κ2) is 7.05. The molecule has 0 aromatic heterocycles. The maximum absolute atomic E-state index is 5.71. The normalized spacial score (nSPS) is 20.8. The molecular weight excluding hydrogens is 240 g/mol. The van der Waals surface area contributed by atoms with Crippen LogP contribution >= 0.6 is 11.8 Å². The van der Waals surface area contributed by atoms with Gasteiger partial charge in [0, 0.05) is 24.0 Å². The summed E-state index contributed by atoms with van der Waals surface area (Å²) in [5.41, 5.74) is 8.52. The maximum atomic E-state index is 5.71. The first-order valence-electron chi connectivity index (χ1n) is 6.91. The van der Waals surface area contributed by atoms with Crippen molar-refractivity contribution in [1.82, 2.24) is 0 Å². The van der Waals surface area contributed by atoms with Crippen molar-refractivity contribution in [3.05, 3.63) is 29.8 Å². The lowest BCUT2D eigenvalue weighted by Crippen LogP contribution is -2.25. The summed E-state index contributed by atoms with van der Waals surface area (Å²) in [7, 11) is 0. The highest BCUT2D eigenvalue weighted by Crippen LogP contribution is 2.27. The van der Waals surface area contributed by atoms with Gasteiger partial charge in [-0.25, -0.2) is 0 Å². The number of nitrogens with two attached hydrogens (primary N) is 1. The topological polar surface area (TPSA) is 29.3 Å². The Balaban J connectivity index is 2.10. The van der Waals surface area contributed by atoms with E-state index in [1.807, 2.05) is 11.8 Å². The van der Waals surface area contributed by atoms with Gasteiger partial charge in [-0.2, -0.15) is 11.8 Å². The van der Waals surface area contributed by atoms with E-state index in [-0.39, 0.29) is 0 Å². The molecule has 1 aliphatic heterocycles. The summed E-state index contributed by atoms with van der Waals surface area (Å²) < 4.78 is 0. The van der Waals surface area contributed by atoms with Gasteiger partial charge in [-0.05, 0) is 50.1 Å². The third-order valence-electron chi connectivity index (χ3n) is 3.75. The molecule has 2 N–H and O–H groups in total. The molecule has 1 aliphatic rings. The lowest BCUT2D eigenvalue weighted by molar-refractivity contribution is 0.745. The lowest BCUT2D eigenvalue weighted by Gasteiger charge is -2.25. The van der Waals surface area contributed by atoms with Crippen LogP contribution in [0.4, 0.5) is 5.69 Å². The van der Waals surface area contributed by atoms with Crippen molar-refractivity contribution in [2.45, 2.75) is 30.9 Å². The van der Waals surface area contributed by atoms with Crippen molar-refractivity contribution in [2.24, 2.45) is 5.73 Å². The Labute approximate surface area is 115 Å². The van der Waals surface area contributed by atoms with Gasteiger partial charge in [-0.15, -0.1) is 0 Å². The van der Waals surface area contributed by atoms with E-state index in [1.54, 1.807) is 0 Å². The van der Waals surface area contributed by atoms with Crippen LogP contribution < -0.4 is 10.6 Å². The zero-order chi connectivity index (χ0) is 12.8. The highest BCUT2D eigenvalue weighted by molar-refractivity contribution is 7.99. The van der Waals surface area contributed by atoms with Gasteiger partial charge >= 0.3 is 0 Å². The zero-order valence-corrected chi connectivity index (χ0v) is 12.1. The monoisotopic (exact) mass is 264 g/mol. The fraction of sp³-hybridized carbons (Fsp3) is 0.600. The van der Waals surface area contributed by atoms with Crippen LogP contribution in [0.1, 0.15) is 24.8 Å². The number of anilines is 1. The third-order valence-corrected chi connectivity index (χ3v) is 4.89. The quantitative estimate of drug-likeness (QED) is 0.906. The molecule has 1 aromatic carbocycles. The number of thioether (sulfide) groups is 1. The molecule has 100 valence electrons. The predicted octanol–water partition coefficient (Wildman–Crippen LogP) is 2.91. The molecule has 1 heterocycles. The highest BCUT2D eigenvalue weighted by Gasteiger charge is 2.17. The Morgan fingerprint density at radius 3 is 2.89 bits per heavy atom. The first-order chi connectivity index (χ1) is 8.85. The van der Waals surface area contributed by atoms with E-state index in [1.165, 1.54) is 43.6 Å². The van der Waals surface area contributed by atoms with Crippen LogP contribution in [-0.2, 0) is 6.42 Å². The Bertz CT molecular complexity index is 367. The van der Waals surface area contributed by atoms with Crippen LogP contribution in [0.15, 0.2) is 24.3 Å². The van der Waals surface area contributed by atoms with Gasteiger partial charge in [-0.1, -0.05) is 18.2 Å². The molecule has 0 bridgehead atoms. The molecule has 2 rings (SSSR count). The Hall–Kier alpha value is -0.670. The van der Waals surface area contributed by atoms with Gasteiger partial charge in [-0.3, -0.25) is 0 Å². The smallest absolute Gasteiger partial charge is 0.0399 e. The molecule has 1 fully saturated rings. The highest BCUT2D eigenvalue weighted by atomic mass is 32.2. The summed E-state index contributed by atoms with van der Waals surface area (Å²) in [6, 6.07) is 8.74. The molecule has 18 heavy (non-hydrogen) atoms. The van der Waals surface area contributed by atoms with Gasteiger partial charge in [0.1, 0.15) is 0 Å². The Kier molecular flexibility index (Phi) is 5.39. The molecule has 0 spiro atoms. The van der Waals surface area contributed by atoms with Crippen LogP contribution in [-0.4, -0.2) is 31.1 Å². The van der Waals surface area contributed by atoms with Crippen molar-refractivity contribution in [3.63, 3.8) is 0 Å². The Morgan fingerprint density at radius 2 is 2.11 bits per heavy atom. The molecule has 0 saturated carbocycles. The fourth-order valence-electron chi connectivity index (χ4n) is 2.73. The number of nitrogens with zero attached hydrogens (tertiary/aromatic N) is 1. The SMILES string of the molecule is CSC1CCCN(c2ccccc2CCN)CC1. The van der Waals surface area contributed by atoms with Crippen molar-refractivity contribution in [2.75, 3.05) is 30.8 Å². The van der Waals surface area contributed by atoms with Gasteiger partial charge in [0.15, 0.2) is 0 Å². The number of rotatable bonds is 4. The van der Waals surface area contributed by atoms with Crippen molar-refractivity contribution in [1.29, 1.82) is 0 Å². The second-order valence-corrected chi connectivity index (χ2v) is 6.08. The van der Waals surface area contributed by atoms with E-state index in [0.29, 0.717) is 0 Å². The van der Waals surface area contributed by atoms with E-state index in [9.17, 15) is 0 Å². The van der Waals surface area contributed by atoms with Crippen LogP contribution in [0.2, 0.25) is 0 Å². The summed E-state index contributed by atoms with van der Waals surface area (Å²) in [4.78, 5) is 2.56. The number of hydrogen-bond acceptors (Lipinski definition) is 3. The molecule has 1 aromatic rings. The second-order valence-electron chi connectivity index (χ2n) is 4.94. The molecule has 3 heteroatoms. The molecule has 0 aliphatic carbocycles. The predicted molar refractivity (Wildman–Crippen MR) is 82.6 cm³/mol. The molecule has 1 atom stereocenters.